The van der Waals surface area contributed by atoms with Crippen molar-refractivity contribution >= 4 is 11.7 Å². The van der Waals surface area contributed by atoms with E-state index in [4.69, 9.17) is 0 Å². The third kappa shape index (κ3) is 3.47. The van der Waals surface area contributed by atoms with Crippen molar-refractivity contribution in [2.75, 3.05) is 25.0 Å². The SMILES string of the molecule is CCNC(=O)Nc1cccc(C2CCNCC2)c1. The van der Waals surface area contributed by atoms with Crippen molar-refractivity contribution in [3.63, 3.8) is 0 Å². The number of carbonyl (C=O) groups excluding carboxylic acids is 1. The smallest absolute Gasteiger partial charge is 0.319 e. The van der Waals surface area contributed by atoms with Gasteiger partial charge in [0.05, 0.1) is 0 Å². The number of piperidine rings is 1. The number of nitrogens with one attached hydrogen (secondary N) is 3. The summed E-state index contributed by atoms with van der Waals surface area (Å²) in [4.78, 5) is 11.5. The van der Waals surface area contributed by atoms with Gasteiger partial charge in [0.2, 0.25) is 0 Å². The van der Waals surface area contributed by atoms with Crippen LogP contribution in [0.1, 0.15) is 31.2 Å². The Hall–Kier alpha value is -1.55. The molecule has 4 nitrogen and oxygen atoms in total. The lowest BCUT2D eigenvalue weighted by Gasteiger charge is -2.23. The normalized spacial score (nSPS) is 16.3. The molecule has 1 fully saturated rings. The van der Waals surface area contributed by atoms with Crippen LogP contribution in [0.2, 0.25) is 0 Å². The maximum atomic E-state index is 11.5. The van der Waals surface area contributed by atoms with Gasteiger partial charge in [-0.2, -0.15) is 0 Å². The first-order valence-corrected chi connectivity index (χ1v) is 6.65. The van der Waals surface area contributed by atoms with Crippen LogP contribution in [-0.2, 0) is 0 Å². The molecule has 1 aliphatic rings. The molecule has 98 valence electrons. The molecule has 0 saturated carbocycles. The molecule has 4 heteroatoms. The van der Waals surface area contributed by atoms with Gasteiger partial charge in [0.15, 0.2) is 0 Å². The van der Waals surface area contributed by atoms with E-state index >= 15 is 0 Å². The summed E-state index contributed by atoms with van der Waals surface area (Å²) in [5.74, 6) is 0.613. The number of urea groups is 1. The lowest BCUT2D eigenvalue weighted by molar-refractivity contribution is 0.252. The number of rotatable bonds is 3. The highest BCUT2D eigenvalue weighted by atomic mass is 16.2. The number of carbonyl (C=O) groups is 1. The van der Waals surface area contributed by atoms with Crippen LogP contribution in [0.4, 0.5) is 10.5 Å². The van der Waals surface area contributed by atoms with Gasteiger partial charge in [0, 0.05) is 12.2 Å². The van der Waals surface area contributed by atoms with Gasteiger partial charge in [-0.3, -0.25) is 0 Å². The summed E-state index contributed by atoms with van der Waals surface area (Å²) >= 11 is 0. The van der Waals surface area contributed by atoms with E-state index in [-0.39, 0.29) is 6.03 Å². The first-order chi connectivity index (χ1) is 8.79. The Bertz CT molecular complexity index is 400. The van der Waals surface area contributed by atoms with E-state index in [9.17, 15) is 4.79 Å². The van der Waals surface area contributed by atoms with Gasteiger partial charge in [-0.05, 0) is 56.5 Å². The minimum absolute atomic E-state index is 0.139. The third-order valence-corrected chi connectivity index (χ3v) is 3.29. The van der Waals surface area contributed by atoms with Crippen LogP contribution < -0.4 is 16.0 Å². The van der Waals surface area contributed by atoms with Crippen molar-refractivity contribution < 1.29 is 4.79 Å². The summed E-state index contributed by atoms with van der Waals surface area (Å²) in [5.41, 5.74) is 2.20. The minimum atomic E-state index is -0.139. The van der Waals surface area contributed by atoms with Crippen LogP contribution in [0.15, 0.2) is 24.3 Å². The number of benzene rings is 1. The zero-order valence-electron chi connectivity index (χ0n) is 10.8. The maximum absolute atomic E-state index is 11.5. The first kappa shape index (κ1) is 12.9. The van der Waals surface area contributed by atoms with Gasteiger partial charge in [-0.25, -0.2) is 4.79 Å². The van der Waals surface area contributed by atoms with E-state index in [1.165, 1.54) is 18.4 Å². The fraction of sp³-hybridized carbons (Fsp3) is 0.500. The molecule has 18 heavy (non-hydrogen) atoms. The number of amides is 2. The van der Waals surface area contributed by atoms with Crippen molar-refractivity contribution in [3.8, 4) is 0 Å². The molecule has 0 unspecified atom stereocenters. The highest BCUT2D eigenvalue weighted by Crippen LogP contribution is 2.26. The van der Waals surface area contributed by atoms with E-state index in [0.29, 0.717) is 12.5 Å². The second-order valence-corrected chi connectivity index (χ2v) is 4.63. The van der Waals surface area contributed by atoms with Crippen LogP contribution in [0.5, 0.6) is 0 Å². The van der Waals surface area contributed by atoms with Crippen molar-refractivity contribution in [3.05, 3.63) is 29.8 Å². The second kappa shape index (κ2) is 6.40. The summed E-state index contributed by atoms with van der Waals surface area (Å²) in [6, 6.07) is 8.04. The quantitative estimate of drug-likeness (QED) is 0.767. The standard InChI is InChI=1S/C14H21N3O/c1-2-16-14(18)17-13-5-3-4-12(10-13)11-6-8-15-9-7-11/h3-5,10-11,15H,2,6-9H2,1H3,(H2,16,17,18). The fourth-order valence-electron chi connectivity index (χ4n) is 2.36. The third-order valence-electron chi connectivity index (χ3n) is 3.29. The first-order valence-electron chi connectivity index (χ1n) is 6.65. The zero-order chi connectivity index (χ0) is 12.8. The highest BCUT2D eigenvalue weighted by molar-refractivity contribution is 5.89. The van der Waals surface area contributed by atoms with Crippen molar-refractivity contribution in [2.45, 2.75) is 25.7 Å². The fourth-order valence-corrected chi connectivity index (χ4v) is 2.36. The summed E-state index contributed by atoms with van der Waals surface area (Å²) in [5, 5.41) is 8.96. The Labute approximate surface area is 108 Å². The Morgan fingerprint density at radius 1 is 1.39 bits per heavy atom. The van der Waals surface area contributed by atoms with E-state index in [1.54, 1.807) is 0 Å². The van der Waals surface area contributed by atoms with Crippen LogP contribution >= 0.6 is 0 Å². The predicted octanol–water partition coefficient (Wildman–Crippen LogP) is 2.30. The maximum Gasteiger partial charge on any atom is 0.319 e. The monoisotopic (exact) mass is 247 g/mol. The number of hydrogen-bond donors (Lipinski definition) is 3. The Kier molecular flexibility index (Phi) is 4.59. The molecule has 1 aromatic carbocycles. The number of anilines is 1. The average molecular weight is 247 g/mol. The van der Waals surface area contributed by atoms with Crippen LogP contribution in [0, 0.1) is 0 Å². The average Bonchev–Trinajstić information content (AvgIpc) is 2.40. The number of hydrogen-bond acceptors (Lipinski definition) is 2. The molecule has 0 aromatic heterocycles. The molecular weight excluding hydrogens is 226 g/mol. The molecular formula is C14H21N3O. The van der Waals surface area contributed by atoms with Gasteiger partial charge < -0.3 is 16.0 Å². The zero-order valence-corrected chi connectivity index (χ0v) is 10.8. The van der Waals surface area contributed by atoms with E-state index in [0.717, 1.165) is 18.8 Å². The molecule has 0 radical (unpaired) electrons. The topological polar surface area (TPSA) is 53.2 Å². The molecule has 0 aliphatic carbocycles. The lowest BCUT2D eigenvalue weighted by atomic mass is 9.90. The Morgan fingerprint density at radius 2 is 2.17 bits per heavy atom. The van der Waals surface area contributed by atoms with Gasteiger partial charge in [0.25, 0.3) is 0 Å². The molecule has 2 rings (SSSR count). The molecule has 1 aliphatic heterocycles. The van der Waals surface area contributed by atoms with Gasteiger partial charge >= 0.3 is 6.03 Å². The van der Waals surface area contributed by atoms with Crippen LogP contribution in [-0.4, -0.2) is 25.7 Å². The summed E-state index contributed by atoms with van der Waals surface area (Å²) in [6.45, 7) is 4.71. The van der Waals surface area contributed by atoms with Crippen LogP contribution in [0.25, 0.3) is 0 Å². The molecule has 3 N–H and O–H groups in total. The summed E-state index contributed by atoms with van der Waals surface area (Å²) in [7, 11) is 0. The molecule has 1 saturated heterocycles. The Morgan fingerprint density at radius 3 is 2.89 bits per heavy atom. The van der Waals surface area contributed by atoms with Gasteiger partial charge in [-0.15, -0.1) is 0 Å². The summed E-state index contributed by atoms with van der Waals surface area (Å²) < 4.78 is 0. The minimum Gasteiger partial charge on any atom is -0.338 e. The molecule has 2 amide bonds. The largest absolute Gasteiger partial charge is 0.338 e. The highest BCUT2D eigenvalue weighted by Gasteiger charge is 2.15. The molecule has 1 aromatic rings. The van der Waals surface area contributed by atoms with Crippen LogP contribution in [0.3, 0.4) is 0 Å². The molecule has 0 spiro atoms. The molecule has 0 atom stereocenters. The van der Waals surface area contributed by atoms with Crippen molar-refractivity contribution in [2.24, 2.45) is 0 Å². The lowest BCUT2D eigenvalue weighted by Crippen LogP contribution is -2.28. The Balaban J connectivity index is 2.02. The van der Waals surface area contributed by atoms with Gasteiger partial charge in [0.1, 0.15) is 0 Å². The van der Waals surface area contributed by atoms with E-state index < -0.39 is 0 Å². The van der Waals surface area contributed by atoms with Gasteiger partial charge in [-0.1, -0.05) is 12.1 Å². The molecule has 0 bridgehead atoms. The molecule has 1 heterocycles. The van der Waals surface area contributed by atoms with E-state index in [2.05, 4.69) is 28.1 Å². The predicted molar refractivity (Wildman–Crippen MR) is 74.0 cm³/mol. The van der Waals surface area contributed by atoms with Crippen molar-refractivity contribution in [1.29, 1.82) is 0 Å². The van der Waals surface area contributed by atoms with Crippen molar-refractivity contribution in [1.82, 2.24) is 10.6 Å². The van der Waals surface area contributed by atoms with E-state index in [1.807, 2.05) is 19.1 Å². The summed E-state index contributed by atoms with van der Waals surface area (Å²) in [6.07, 6.45) is 2.34. The second-order valence-electron chi connectivity index (χ2n) is 4.63.